The summed E-state index contributed by atoms with van der Waals surface area (Å²) in [5.41, 5.74) is 8.32. The van der Waals surface area contributed by atoms with Gasteiger partial charge in [-0.3, -0.25) is 0 Å². The van der Waals surface area contributed by atoms with Gasteiger partial charge in [0.15, 0.2) is 0 Å². The molecule has 21 heavy (non-hydrogen) atoms. The summed E-state index contributed by atoms with van der Waals surface area (Å²) in [6.45, 7) is 4.47. The molecule has 0 aromatic heterocycles. The Morgan fingerprint density at radius 3 is 2.29 bits per heavy atom. The van der Waals surface area contributed by atoms with Crippen LogP contribution in [0.4, 0.5) is 0 Å². The van der Waals surface area contributed by atoms with Gasteiger partial charge in [0, 0.05) is 6.42 Å². The molecule has 2 rings (SSSR count). The van der Waals surface area contributed by atoms with Crippen molar-refractivity contribution in [1.82, 2.24) is 0 Å². The minimum atomic E-state index is -1.01. The molecule has 2 aromatic rings. The summed E-state index contributed by atoms with van der Waals surface area (Å²) in [5.74, 6) is 0.820. The van der Waals surface area contributed by atoms with E-state index in [-0.39, 0.29) is 0 Å². The molecule has 0 bridgehead atoms. The summed E-state index contributed by atoms with van der Waals surface area (Å²) in [5, 5.41) is 9.39. The molecule has 3 heteroatoms. The van der Waals surface area contributed by atoms with Gasteiger partial charge in [-0.2, -0.15) is 5.26 Å². The van der Waals surface area contributed by atoms with Crippen molar-refractivity contribution in [3.8, 4) is 11.8 Å². The van der Waals surface area contributed by atoms with Gasteiger partial charge in [-0.1, -0.05) is 36.4 Å². The van der Waals surface area contributed by atoms with Crippen molar-refractivity contribution < 1.29 is 4.74 Å². The van der Waals surface area contributed by atoms with Gasteiger partial charge >= 0.3 is 0 Å². The topological polar surface area (TPSA) is 59.0 Å². The molecule has 3 nitrogen and oxygen atoms in total. The summed E-state index contributed by atoms with van der Waals surface area (Å²) in [6, 6.07) is 17.7. The van der Waals surface area contributed by atoms with E-state index in [4.69, 9.17) is 10.5 Å². The maximum Gasteiger partial charge on any atom is 0.133 e. The third-order valence-electron chi connectivity index (χ3n) is 3.45. The Morgan fingerprint density at radius 1 is 1.10 bits per heavy atom. The van der Waals surface area contributed by atoms with E-state index in [9.17, 15) is 5.26 Å². The third-order valence-corrected chi connectivity index (χ3v) is 3.45. The highest BCUT2D eigenvalue weighted by Crippen LogP contribution is 2.22. The Bertz CT molecular complexity index is 626. The summed E-state index contributed by atoms with van der Waals surface area (Å²) in [7, 11) is 0. The Morgan fingerprint density at radius 2 is 1.71 bits per heavy atom. The molecule has 0 aliphatic carbocycles. The molecular formula is C18H20N2O. The number of nitriles is 1. The number of benzene rings is 2. The fourth-order valence-electron chi connectivity index (χ4n) is 2.35. The standard InChI is InChI=1S/C18H20N2O/c1-14-10-15(2)12-17(11-14)21-9-8-18(20,13-19)16-6-4-3-5-7-16/h3-7,10-12H,8-9,20H2,1-2H3. The van der Waals surface area contributed by atoms with E-state index >= 15 is 0 Å². The lowest BCUT2D eigenvalue weighted by atomic mass is 9.89. The Kier molecular flexibility index (Phi) is 4.62. The van der Waals surface area contributed by atoms with Crippen molar-refractivity contribution in [1.29, 1.82) is 5.26 Å². The van der Waals surface area contributed by atoms with E-state index in [1.807, 2.05) is 56.3 Å². The van der Waals surface area contributed by atoms with Crippen molar-refractivity contribution in [3.05, 3.63) is 65.2 Å². The van der Waals surface area contributed by atoms with Gasteiger partial charge in [-0.05, 0) is 42.7 Å². The zero-order valence-corrected chi connectivity index (χ0v) is 12.5. The van der Waals surface area contributed by atoms with Gasteiger partial charge in [0.05, 0.1) is 12.7 Å². The molecular weight excluding hydrogens is 260 g/mol. The third kappa shape index (κ3) is 3.84. The molecule has 0 amide bonds. The molecule has 0 spiro atoms. The van der Waals surface area contributed by atoms with Crippen molar-refractivity contribution in [2.24, 2.45) is 5.73 Å². The zero-order chi connectivity index (χ0) is 15.3. The molecule has 0 aliphatic heterocycles. The van der Waals surface area contributed by atoms with E-state index in [0.29, 0.717) is 13.0 Å². The summed E-state index contributed by atoms with van der Waals surface area (Å²) < 4.78 is 5.76. The van der Waals surface area contributed by atoms with E-state index in [1.165, 1.54) is 0 Å². The molecule has 0 aliphatic rings. The molecule has 108 valence electrons. The lowest BCUT2D eigenvalue weighted by molar-refractivity contribution is 0.281. The van der Waals surface area contributed by atoms with E-state index in [2.05, 4.69) is 12.1 Å². The van der Waals surface area contributed by atoms with Crippen LogP contribution in [0.2, 0.25) is 0 Å². The van der Waals surface area contributed by atoms with Gasteiger partial charge in [0.25, 0.3) is 0 Å². The maximum atomic E-state index is 9.39. The second-order valence-corrected chi connectivity index (χ2v) is 5.37. The van der Waals surface area contributed by atoms with E-state index in [1.54, 1.807) is 0 Å². The summed E-state index contributed by atoms with van der Waals surface area (Å²) in [6.07, 6.45) is 0.445. The molecule has 0 radical (unpaired) electrons. The first-order chi connectivity index (χ1) is 10.0. The van der Waals surface area contributed by atoms with Crippen LogP contribution in [-0.2, 0) is 5.54 Å². The van der Waals surface area contributed by atoms with Gasteiger partial charge in [-0.25, -0.2) is 0 Å². The Balaban J connectivity index is 2.03. The van der Waals surface area contributed by atoms with Gasteiger partial charge < -0.3 is 10.5 Å². The minimum absolute atomic E-state index is 0.405. The van der Waals surface area contributed by atoms with Gasteiger partial charge in [0.2, 0.25) is 0 Å². The highest BCUT2D eigenvalue weighted by molar-refractivity contribution is 5.33. The quantitative estimate of drug-likeness (QED) is 0.912. The largest absolute Gasteiger partial charge is 0.493 e. The second-order valence-electron chi connectivity index (χ2n) is 5.37. The highest BCUT2D eigenvalue weighted by atomic mass is 16.5. The fraction of sp³-hybridized carbons (Fsp3) is 0.278. The van der Waals surface area contributed by atoms with Crippen LogP contribution in [-0.4, -0.2) is 6.61 Å². The monoisotopic (exact) mass is 280 g/mol. The van der Waals surface area contributed by atoms with Crippen molar-refractivity contribution in [3.63, 3.8) is 0 Å². The molecule has 1 atom stereocenters. The molecule has 0 heterocycles. The number of nitrogens with two attached hydrogens (primary N) is 1. The highest BCUT2D eigenvalue weighted by Gasteiger charge is 2.26. The summed E-state index contributed by atoms with van der Waals surface area (Å²) >= 11 is 0. The molecule has 2 aromatic carbocycles. The predicted octanol–water partition coefficient (Wildman–Crippen LogP) is 3.45. The average Bonchev–Trinajstić information content (AvgIpc) is 2.47. The fourth-order valence-corrected chi connectivity index (χ4v) is 2.35. The van der Waals surface area contributed by atoms with Crippen LogP contribution in [0.25, 0.3) is 0 Å². The number of hydrogen-bond donors (Lipinski definition) is 1. The smallest absolute Gasteiger partial charge is 0.133 e. The van der Waals surface area contributed by atoms with Crippen molar-refractivity contribution in [2.75, 3.05) is 6.61 Å². The van der Waals surface area contributed by atoms with Crippen molar-refractivity contribution >= 4 is 0 Å². The number of rotatable bonds is 5. The minimum Gasteiger partial charge on any atom is -0.493 e. The Hall–Kier alpha value is -2.31. The Labute approximate surface area is 126 Å². The number of hydrogen-bond acceptors (Lipinski definition) is 3. The number of ether oxygens (including phenoxy) is 1. The molecule has 0 fully saturated rings. The lowest BCUT2D eigenvalue weighted by Crippen LogP contribution is -2.36. The van der Waals surface area contributed by atoms with Crippen LogP contribution in [0.15, 0.2) is 48.5 Å². The first-order valence-electron chi connectivity index (χ1n) is 7.00. The SMILES string of the molecule is Cc1cc(C)cc(OCCC(N)(C#N)c2ccccc2)c1. The van der Waals surface area contributed by atoms with Crippen LogP contribution in [0.1, 0.15) is 23.1 Å². The lowest BCUT2D eigenvalue weighted by Gasteiger charge is -2.22. The maximum absolute atomic E-state index is 9.39. The van der Waals surface area contributed by atoms with E-state index < -0.39 is 5.54 Å². The van der Waals surface area contributed by atoms with Gasteiger partial charge in [0.1, 0.15) is 11.3 Å². The second kappa shape index (κ2) is 6.43. The summed E-state index contributed by atoms with van der Waals surface area (Å²) in [4.78, 5) is 0. The molecule has 0 saturated carbocycles. The van der Waals surface area contributed by atoms with Crippen LogP contribution in [0, 0.1) is 25.2 Å². The van der Waals surface area contributed by atoms with Crippen molar-refractivity contribution in [2.45, 2.75) is 25.8 Å². The molecule has 1 unspecified atom stereocenters. The number of nitrogens with zero attached hydrogens (tertiary/aromatic N) is 1. The van der Waals surface area contributed by atoms with Crippen LogP contribution in [0.5, 0.6) is 5.75 Å². The first kappa shape index (κ1) is 15.1. The van der Waals surface area contributed by atoms with Crippen LogP contribution < -0.4 is 10.5 Å². The number of aryl methyl sites for hydroxylation is 2. The zero-order valence-electron chi connectivity index (χ0n) is 12.5. The normalized spacial score (nSPS) is 13.2. The molecule has 0 saturated heterocycles. The average molecular weight is 280 g/mol. The predicted molar refractivity (Wildman–Crippen MR) is 83.9 cm³/mol. The van der Waals surface area contributed by atoms with Gasteiger partial charge in [-0.15, -0.1) is 0 Å². The van der Waals surface area contributed by atoms with Crippen LogP contribution in [0.3, 0.4) is 0 Å². The molecule has 2 N–H and O–H groups in total. The van der Waals surface area contributed by atoms with E-state index in [0.717, 1.165) is 22.4 Å². The van der Waals surface area contributed by atoms with Crippen LogP contribution >= 0.6 is 0 Å². The first-order valence-corrected chi connectivity index (χ1v) is 7.00.